The monoisotopic (exact) mass is 195 g/mol. The molecule has 0 amide bonds. The first-order chi connectivity index (χ1) is 6.55. The second-order valence-corrected chi connectivity index (χ2v) is 6.19. The van der Waals surface area contributed by atoms with Gasteiger partial charge in [0.25, 0.3) is 0 Å². The van der Waals surface area contributed by atoms with E-state index in [4.69, 9.17) is 4.74 Å². The van der Waals surface area contributed by atoms with Gasteiger partial charge in [-0.1, -0.05) is 0 Å². The second kappa shape index (κ2) is 2.73. The molecule has 14 heavy (non-hydrogen) atoms. The molecule has 0 aliphatic carbocycles. The Kier molecular flexibility index (Phi) is 1.79. The van der Waals surface area contributed by atoms with Crippen LogP contribution in [0.5, 0.6) is 0 Å². The van der Waals surface area contributed by atoms with Gasteiger partial charge in [0.15, 0.2) is 0 Å². The van der Waals surface area contributed by atoms with Gasteiger partial charge in [0.05, 0.1) is 12.2 Å². The molecule has 4 atom stereocenters. The highest BCUT2D eigenvalue weighted by molar-refractivity contribution is 5.04. The van der Waals surface area contributed by atoms with Crippen LogP contribution in [-0.2, 0) is 4.74 Å². The Bertz CT molecular complexity index is 227. The van der Waals surface area contributed by atoms with Crippen molar-refractivity contribution in [1.82, 2.24) is 4.90 Å². The van der Waals surface area contributed by atoms with E-state index in [2.05, 4.69) is 25.7 Å². The Morgan fingerprint density at radius 2 is 1.50 bits per heavy atom. The molecular weight excluding hydrogens is 174 g/mol. The molecule has 3 aliphatic rings. The Hall–Kier alpha value is -0.0800. The first kappa shape index (κ1) is 9.17. The molecule has 0 saturated carbocycles. The molecule has 3 fully saturated rings. The molecule has 3 aliphatic heterocycles. The molecule has 0 aromatic carbocycles. The lowest BCUT2D eigenvalue weighted by molar-refractivity contribution is 0.0551. The molecule has 2 bridgehead atoms. The molecule has 0 radical (unpaired) electrons. The maximum Gasteiger partial charge on any atom is 0.0624 e. The van der Waals surface area contributed by atoms with Crippen LogP contribution < -0.4 is 0 Å². The van der Waals surface area contributed by atoms with Crippen LogP contribution in [0.2, 0.25) is 0 Å². The Morgan fingerprint density at radius 3 is 1.93 bits per heavy atom. The summed E-state index contributed by atoms with van der Waals surface area (Å²) in [5.74, 6) is 1.71. The van der Waals surface area contributed by atoms with Crippen LogP contribution in [0, 0.1) is 11.8 Å². The fraction of sp³-hybridized carbons (Fsp3) is 1.00. The van der Waals surface area contributed by atoms with Gasteiger partial charge in [-0.05, 0) is 33.6 Å². The van der Waals surface area contributed by atoms with E-state index in [1.165, 1.54) is 25.9 Å². The number of ether oxygens (including phenoxy) is 1. The van der Waals surface area contributed by atoms with Crippen LogP contribution in [0.3, 0.4) is 0 Å². The molecule has 4 unspecified atom stereocenters. The van der Waals surface area contributed by atoms with Crippen molar-refractivity contribution in [3.63, 3.8) is 0 Å². The van der Waals surface area contributed by atoms with Gasteiger partial charge < -0.3 is 4.74 Å². The predicted molar refractivity (Wildman–Crippen MR) is 56.2 cm³/mol. The number of nitrogens with zero attached hydrogens (tertiary/aromatic N) is 1. The van der Waals surface area contributed by atoms with Gasteiger partial charge in [0.1, 0.15) is 0 Å². The van der Waals surface area contributed by atoms with Crippen molar-refractivity contribution in [1.29, 1.82) is 0 Å². The number of fused-ring (bicyclic) bond motifs is 5. The van der Waals surface area contributed by atoms with Gasteiger partial charge in [-0.15, -0.1) is 0 Å². The predicted octanol–water partition coefficient (Wildman–Crippen LogP) is 1.89. The van der Waals surface area contributed by atoms with Gasteiger partial charge in [-0.2, -0.15) is 0 Å². The zero-order valence-corrected chi connectivity index (χ0v) is 9.49. The average molecular weight is 195 g/mol. The molecular formula is C12H21NO. The van der Waals surface area contributed by atoms with Gasteiger partial charge in [-0.25, -0.2) is 0 Å². The summed E-state index contributed by atoms with van der Waals surface area (Å²) in [6, 6.07) is 0. The highest BCUT2D eigenvalue weighted by Crippen LogP contribution is 2.48. The Labute approximate surface area is 86.6 Å². The molecule has 0 spiro atoms. The summed E-state index contributed by atoms with van der Waals surface area (Å²) in [4.78, 5) is 2.65. The third-order valence-corrected chi connectivity index (χ3v) is 4.40. The third-order valence-electron chi connectivity index (χ3n) is 4.40. The van der Waals surface area contributed by atoms with Crippen LogP contribution >= 0.6 is 0 Å². The van der Waals surface area contributed by atoms with E-state index in [1.54, 1.807) is 0 Å². The largest absolute Gasteiger partial charge is 0.374 e. The summed E-state index contributed by atoms with van der Waals surface area (Å²) < 4.78 is 5.97. The molecule has 0 aromatic heterocycles. The summed E-state index contributed by atoms with van der Waals surface area (Å²) in [5.41, 5.74) is 0.351. The van der Waals surface area contributed by atoms with Crippen molar-refractivity contribution in [2.24, 2.45) is 11.8 Å². The lowest BCUT2D eigenvalue weighted by atomic mass is 9.82. The average Bonchev–Trinajstić information content (AvgIpc) is 2.74. The van der Waals surface area contributed by atoms with Crippen molar-refractivity contribution in [3.05, 3.63) is 0 Å². The summed E-state index contributed by atoms with van der Waals surface area (Å²) >= 11 is 0. The minimum absolute atomic E-state index is 0.351. The first-order valence-electron chi connectivity index (χ1n) is 5.96. The number of hydrogen-bond acceptors (Lipinski definition) is 2. The molecule has 3 rings (SSSR count). The first-order valence-corrected chi connectivity index (χ1v) is 5.96. The van der Waals surface area contributed by atoms with Crippen molar-refractivity contribution < 1.29 is 4.74 Å². The van der Waals surface area contributed by atoms with E-state index < -0.39 is 0 Å². The highest BCUT2D eigenvalue weighted by Gasteiger charge is 2.54. The second-order valence-electron chi connectivity index (χ2n) is 6.19. The fourth-order valence-corrected chi connectivity index (χ4v) is 3.51. The van der Waals surface area contributed by atoms with Gasteiger partial charge in [0, 0.05) is 30.5 Å². The van der Waals surface area contributed by atoms with Crippen LogP contribution in [0.1, 0.15) is 33.6 Å². The minimum Gasteiger partial charge on any atom is -0.374 e. The van der Waals surface area contributed by atoms with Gasteiger partial charge in [0.2, 0.25) is 0 Å². The quantitative estimate of drug-likeness (QED) is 0.585. The van der Waals surface area contributed by atoms with E-state index in [0.29, 0.717) is 17.7 Å². The molecule has 0 aromatic rings. The van der Waals surface area contributed by atoms with Crippen molar-refractivity contribution in [2.45, 2.75) is 51.4 Å². The number of hydrogen-bond donors (Lipinski definition) is 0. The van der Waals surface area contributed by atoms with Crippen LogP contribution in [0.15, 0.2) is 0 Å². The summed E-state index contributed by atoms with van der Waals surface area (Å²) in [5, 5.41) is 0. The van der Waals surface area contributed by atoms with Crippen molar-refractivity contribution in [2.75, 3.05) is 13.1 Å². The van der Waals surface area contributed by atoms with E-state index in [1.807, 2.05) is 0 Å². The normalized spacial score (nSPS) is 47.4. The summed E-state index contributed by atoms with van der Waals surface area (Å²) in [7, 11) is 0. The zero-order valence-electron chi connectivity index (χ0n) is 9.49. The number of likely N-dealkylation sites (tertiary alicyclic amines) is 1. The lowest BCUT2D eigenvalue weighted by Crippen LogP contribution is -2.41. The summed E-state index contributed by atoms with van der Waals surface area (Å²) in [6.07, 6.45) is 3.86. The maximum absolute atomic E-state index is 5.97. The Morgan fingerprint density at radius 1 is 1.00 bits per heavy atom. The zero-order chi connectivity index (χ0) is 9.92. The van der Waals surface area contributed by atoms with Crippen LogP contribution in [0.4, 0.5) is 0 Å². The summed E-state index contributed by atoms with van der Waals surface area (Å²) in [6.45, 7) is 9.54. The van der Waals surface area contributed by atoms with E-state index in [-0.39, 0.29) is 0 Å². The Balaban J connectivity index is 1.77. The van der Waals surface area contributed by atoms with Crippen molar-refractivity contribution in [3.8, 4) is 0 Å². The van der Waals surface area contributed by atoms with Gasteiger partial charge >= 0.3 is 0 Å². The van der Waals surface area contributed by atoms with Crippen LogP contribution in [-0.4, -0.2) is 35.7 Å². The SMILES string of the molecule is CC(C)(C)N1CC2C3CCC(O3)C2C1. The standard InChI is InChI=1S/C12H21NO/c1-12(2,3)13-6-8-9(7-13)11-5-4-10(8)14-11/h8-11H,4-7H2,1-3H3. The maximum atomic E-state index is 5.97. The smallest absolute Gasteiger partial charge is 0.0624 e. The van der Waals surface area contributed by atoms with Crippen LogP contribution in [0.25, 0.3) is 0 Å². The molecule has 2 nitrogen and oxygen atoms in total. The molecule has 80 valence electrons. The van der Waals surface area contributed by atoms with E-state index >= 15 is 0 Å². The highest BCUT2D eigenvalue weighted by atomic mass is 16.5. The lowest BCUT2D eigenvalue weighted by Gasteiger charge is -2.32. The molecule has 3 saturated heterocycles. The molecule has 2 heteroatoms. The van der Waals surface area contributed by atoms with Gasteiger partial charge in [-0.3, -0.25) is 4.90 Å². The van der Waals surface area contributed by atoms with E-state index in [9.17, 15) is 0 Å². The van der Waals surface area contributed by atoms with E-state index in [0.717, 1.165) is 11.8 Å². The minimum atomic E-state index is 0.351. The third kappa shape index (κ3) is 1.17. The molecule has 3 heterocycles. The van der Waals surface area contributed by atoms with Crippen molar-refractivity contribution >= 4 is 0 Å². The topological polar surface area (TPSA) is 12.5 Å². The number of rotatable bonds is 0. The molecule has 0 N–H and O–H groups in total. The fourth-order valence-electron chi connectivity index (χ4n) is 3.51.